The van der Waals surface area contributed by atoms with Crippen LogP contribution >= 0.6 is 15.9 Å². The zero-order valence-corrected chi connectivity index (χ0v) is 9.31. The molecule has 0 saturated carbocycles. The first-order chi connectivity index (χ1) is 6.13. The summed E-state index contributed by atoms with van der Waals surface area (Å²) in [6.07, 6.45) is 0. The fourth-order valence-corrected chi connectivity index (χ4v) is 1.77. The molecule has 0 fully saturated rings. The van der Waals surface area contributed by atoms with E-state index in [1.165, 1.54) is 0 Å². The van der Waals surface area contributed by atoms with Gasteiger partial charge in [-0.2, -0.15) is 0 Å². The molecule has 1 N–H and O–H groups in total. The van der Waals surface area contributed by atoms with Crippen molar-refractivity contribution in [2.75, 3.05) is 13.6 Å². The smallest absolute Gasteiger partial charge is 0.176 e. The van der Waals surface area contributed by atoms with Gasteiger partial charge in [-0.3, -0.25) is 4.79 Å². The van der Waals surface area contributed by atoms with Crippen LogP contribution in [-0.4, -0.2) is 19.4 Å². The fraction of sp³-hybridized carbons (Fsp3) is 0.300. The molecule has 0 aromatic heterocycles. The molecule has 1 aromatic carbocycles. The number of Topliss-reactive ketones (excluding diaryl/α,β-unsaturated/α-hetero) is 1. The van der Waals surface area contributed by atoms with Crippen LogP contribution in [0, 0.1) is 6.92 Å². The number of benzene rings is 1. The van der Waals surface area contributed by atoms with Crippen molar-refractivity contribution in [3.8, 4) is 0 Å². The Morgan fingerprint density at radius 3 is 2.69 bits per heavy atom. The Kier molecular flexibility index (Phi) is 3.63. The minimum Gasteiger partial charge on any atom is -0.313 e. The molecule has 0 spiro atoms. The van der Waals surface area contributed by atoms with Gasteiger partial charge in [0.25, 0.3) is 0 Å². The van der Waals surface area contributed by atoms with E-state index < -0.39 is 0 Å². The predicted octanol–water partition coefficient (Wildman–Crippen LogP) is 2.16. The van der Waals surface area contributed by atoms with Crippen LogP contribution in [0.25, 0.3) is 0 Å². The van der Waals surface area contributed by atoms with Crippen molar-refractivity contribution < 1.29 is 4.79 Å². The van der Waals surface area contributed by atoms with Gasteiger partial charge in [0, 0.05) is 10.0 Å². The maximum atomic E-state index is 11.5. The van der Waals surface area contributed by atoms with E-state index in [9.17, 15) is 4.79 Å². The molecular weight excluding hydrogens is 230 g/mol. The first-order valence-corrected chi connectivity index (χ1v) is 4.88. The second-order valence-corrected chi connectivity index (χ2v) is 3.89. The molecule has 0 aliphatic heterocycles. The first kappa shape index (κ1) is 10.4. The molecule has 2 nitrogen and oxygen atoms in total. The largest absolute Gasteiger partial charge is 0.313 e. The Morgan fingerprint density at radius 1 is 1.46 bits per heavy atom. The average molecular weight is 242 g/mol. The van der Waals surface area contributed by atoms with Crippen molar-refractivity contribution in [3.63, 3.8) is 0 Å². The predicted molar refractivity (Wildman–Crippen MR) is 57.1 cm³/mol. The van der Waals surface area contributed by atoms with Crippen LogP contribution in [0.3, 0.4) is 0 Å². The third kappa shape index (κ3) is 2.94. The highest BCUT2D eigenvalue weighted by Gasteiger charge is 2.05. The van der Waals surface area contributed by atoms with E-state index in [1.54, 1.807) is 7.05 Å². The van der Waals surface area contributed by atoms with Gasteiger partial charge in [0.2, 0.25) is 0 Å². The minimum atomic E-state index is 0.118. The van der Waals surface area contributed by atoms with E-state index in [0.717, 1.165) is 15.6 Å². The number of carbonyl (C=O) groups is 1. The van der Waals surface area contributed by atoms with Gasteiger partial charge in [-0.15, -0.1) is 0 Å². The molecule has 0 saturated heterocycles. The third-order valence-corrected chi connectivity index (χ3v) is 2.16. The molecule has 0 bridgehead atoms. The summed E-state index contributed by atoms with van der Waals surface area (Å²) in [6.45, 7) is 2.36. The van der Waals surface area contributed by atoms with Crippen molar-refractivity contribution in [3.05, 3.63) is 33.8 Å². The van der Waals surface area contributed by atoms with Gasteiger partial charge >= 0.3 is 0 Å². The monoisotopic (exact) mass is 241 g/mol. The summed E-state index contributed by atoms with van der Waals surface area (Å²) >= 11 is 3.36. The molecule has 70 valence electrons. The molecule has 0 aliphatic carbocycles. The number of likely N-dealkylation sites (N-methyl/N-ethyl adjacent to an activating group) is 1. The molecule has 0 aliphatic rings. The van der Waals surface area contributed by atoms with Gasteiger partial charge in [-0.1, -0.05) is 15.9 Å². The van der Waals surface area contributed by atoms with Crippen molar-refractivity contribution in [2.24, 2.45) is 0 Å². The lowest BCUT2D eigenvalue weighted by molar-refractivity contribution is 0.0993. The molecule has 1 rings (SSSR count). The first-order valence-electron chi connectivity index (χ1n) is 4.08. The van der Waals surface area contributed by atoms with Crippen LogP contribution in [0.5, 0.6) is 0 Å². The van der Waals surface area contributed by atoms with Gasteiger partial charge in [-0.25, -0.2) is 0 Å². The van der Waals surface area contributed by atoms with Crippen LogP contribution in [-0.2, 0) is 0 Å². The lowest BCUT2D eigenvalue weighted by Crippen LogP contribution is -2.18. The number of halogens is 1. The van der Waals surface area contributed by atoms with Crippen LogP contribution < -0.4 is 5.32 Å². The number of hydrogen-bond donors (Lipinski definition) is 1. The summed E-state index contributed by atoms with van der Waals surface area (Å²) in [6, 6.07) is 5.72. The number of hydrogen-bond acceptors (Lipinski definition) is 2. The number of ketones is 1. The lowest BCUT2D eigenvalue weighted by atomic mass is 10.1. The van der Waals surface area contributed by atoms with Crippen LogP contribution in [0.15, 0.2) is 22.7 Å². The Morgan fingerprint density at radius 2 is 2.15 bits per heavy atom. The summed E-state index contributed by atoms with van der Waals surface area (Å²) < 4.78 is 0.951. The van der Waals surface area contributed by atoms with Crippen LogP contribution in [0.2, 0.25) is 0 Å². The average Bonchev–Trinajstić information content (AvgIpc) is 2.03. The number of rotatable bonds is 3. The summed E-state index contributed by atoms with van der Waals surface area (Å²) in [5.74, 6) is 0.118. The molecule has 1 aromatic rings. The van der Waals surface area contributed by atoms with Gasteiger partial charge in [0.15, 0.2) is 5.78 Å². The Labute approximate surface area is 86.5 Å². The van der Waals surface area contributed by atoms with Gasteiger partial charge < -0.3 is 5.32 Å². The van der Waals surface area contributed by atoms with Crippen molar-refractivity contribution in [1.82, 2.24) is 5.32 Å². The van der Waals surface area contributed by atoms with Gasteiger partial charge in [-0.05, 0) is 37.7 Å². The van der Waals surface area contributed by atoms with E-state index in [2.05, 4.69) is 21.2 Å². The molecule has 0 amide bonds. The molecule has 3 heteroatoms. The second kappa shape index (κ2) is 4.53. The molecule has 0 heterocycles. The van der Waals surface area contributed by atoms with E-state index in [4.69, 9.17) is 0 Å². The summed E-state index contributed by atoms with van der Waals surface area (Å²) in [4.78, 5) is 11.5. The Hall–Kier alpha value is -0.670. The Bertz CT molecular complexity index is 302. The third-order valence-electron chi connectivity index (χ3n) is 1.70. The Balaban J connectivity index is 2.94. The van der Waals surface area contributed by atoms with Gasteiger partial charge in [0.05, 0.1) is 6.54 Å². The standard InChI is InChI=1S/C10H12BrNO/c1-7-3-8(5-9(11)4-7)10(13)6-12-2/h3-5,12H,6H2,1-2H3. The molecule has 13 heavy (non-hydrogen) atoms. The van der Waals surface area contributed by atoms with E-state index >= 15 is 0 Å². The van der Waals surface area contributed by atoms with Gasteiger partial charge in [0.1, 0.15) is 0 Å². The summed E-state index contributed by atoms with van der Waals surface area (Å²) in [5, 5.41) is 2.84. The molecular formula is C10H12BrNO. The topological polar surface area (TPSA) is 29.1 Å². The van der Waals surface area contributed by atoms with Crippen LogP contribution in [0.1, 0.15) is 15.9 Å². The molecule has 0 atom stereocenters. The zero-order valence-electron chi connectivity index (χ0n) is 7.73. The second-order valence-electron chi connectivity index (χ2n) is 2.97. The number of aryl methyl sites for hydroxylation is 1. The van der Waals surface area contributed by atoms with E-state index in [1.807, 2.05) is 25.1 Å². The molecule has 0 radical (unpaired) electrons. The maximum absolute atomic E-state index is 11.5. The highest BCUT2D eigenvalue weighted by Crippen LogP contribution is 2.15. The summed E-state index contributed by atoms with van der Waals surface area (Å²) in [7, 11) is 1.77. The van der Waals surface area contributed by atoms with Crippen molar-refractivity contribution in [2.45, 2.75) is 6.92 Å². The molecule has 0 unspecified atom stereocenters. The quantitative estimate of drug-likeness (QED) is 0.823. The van der Waals surface area contributed by atoms with Crippen LogP contribution in [0.4, 0.5) is 0 Å². The SMILES string of the molecule is CNCC(=O)c1cc(C)cc(Br)c1. The summed E-state index contributed by atoms with van der Waals surface area (Å²) in [5.41, 5.74) is 1.84. The number of nitrogens with one attached hydrogen (secondary N) is 1. The lowest BCUT2D eigenvalue weighted by Gasteiger charge is -2.02. The minimum absolute atomic E-state index is 0.118. The highest BCUT2D eigenvalue weighted by molar-refractivity contribution is 9.10. The zero-order chi connectivity index (χ0) is 9.84. The maximum Gasteiger partial charge on any atom is 0.176 e. The van der Waals surface area contributed by atoms with E-state index in [0.29, 0.717) is 6.54 Å². The fourth-order valence-electron chi connectivity index (χ4n) is 1.16. The highest BCUT2D eigenvalue weighted by atomic mass is 79.9. The van der Waals surface area contributed by atoms with Crippen molar-refractivity contribution >= 4 is 21.7 Å². The number of carbonyl (C=O) groups excluding carboxylic acids is 1. The van der Waals surface area contributed by atoms with Crippen molar-refractivity contribution in [1.29, 1.82) is 0 Å². The normalized spacial score (nSPS) is 10.1. The van der Waals surface area contributed by atoms with E-state index in [-0.39, 0.29) is 5.78 Å².